The van der Waals surface area contributed by atoms with Crippen molar-refractivity contribution in [3.05, 3.63) is 71.3 Å². The molecular weight excluding hydrogens is 246 g/mol. The molecule has 0 saturated heterocycles. The smallest absolute Gasteiger partial charge is 0.137 e. The normalized spacial score (nSPS) is 11.5. The molecule has 0 saturated carbocycles. The number of hydrogen-bond acceptors (Lipinski definition) is 2. The third-order valence-corrected chi connectivity index (χ3v) is 3.35. The van der Waals surface area contributed by atoms with Crippen LogP contribution in [0.15, 0.2) is 48.7 Å². The predicted molar refractivity (Wildman–Crippen MR) is 83.2 cm³/mol. The molecule has 0 unspecified atom stereocenters. The number of rotatable bonds is 3. The van der Waals surface area contributed by atoms with Crippen LogP contribution in [-0.4, -0.2) is 9.38 Å². The Bertz CT molecular complexity index is 752. The van der Waals surface area contributed by atoms with Gasteiger partial charge in [-0.1, -0.05) is 42.0 Å². The van der Waals surface area contributed by atoms with Crippen molar-refractivity contribution in [2.75, 3.05) is 0 Å². The van der Waals surface area contributed by atoms with Crippen LogP contribution in [0.2, 0.25) is 0 Å². The zero-order chi connectivity index (χ0) is 13.9. The van der Waals surface area contributed by atoms with Gasteiger partial charge >= 0.3 is 0 Å². The van der Waals surface area contributed by atoms with Crippen LogP contribution in [0.4, 0.5) is 0 Å². The summed E-state index contributed by atoms with van der Waals surface area (Å²) in [5, 5.41) is 0. The molecule has 2 heterocycles. The fraction of sp³-hybridized carbons (Fsp3) is 0.118. The molecule has 0 aliphatic rings. The zero-order valence-electron chi connectivity index (χ0n) is 11.5. The molecule has 0 fully saturated rings. The summed E-state index contributed by atoms with van der Waals surface area (Å²) < 4.78 is 2.06. The molecule has 2 aromatic heterocycles. The Morgan fingerprint density at radius 2 is 1.90 bits per heavy atom. The Labute approximate surface area is 118 Å². The molecule has 2 N–H and O–H groups in total. The van der Waals surface area contributed by atoms with Gasteiger partial charge in [-0.05, 0) is 30.7 Å². The Morgan fingerprint density at radius 1 is 1.10 bits per heavy atom. The van der Waals surface area contributed by atoms with Gasteiger partial charge in [0.15, 0.2) is 0 Å². The molecule has 0 aliphatic carbocycles. The van der Waals surface area contributed by atoms with Crippen LogP contribution >= 0.6 is 0 Å². The van der Waals surface area contributed by atoms with E-state index >= 15 is 0 Å². The molecule has 3 heteroatoms. The van der Waals surface area contributed by atoms with Gasteiger partial charge in [-0.25, -0.2) is 4.98 Å². The number of imidazole rings is 1. The van der Waals surface area contributed by atoms with Crippen LogP contribution in [0.3, 0.4) is 0 Å². The van der Waals surface area contributed by atoms with Crippen LogP contribution in [-0.2, 0) is 6.54 Å². The lowest BCUT2D eigenvalue weighted by Crippen LogP contribution is -1.96. The lowest BCUT2D eigenvalue weighted by molar-refractivity contribution is 1.02. The largest absolute Gasteiger partial charge is 0.325 e. The summed E-state index contributed by atoms with van der Waals surface area (Å²) in [6, 6.07) is 14.5. The van der Waals surface area contributed by atoms with Gasteiger partial charge < -0.3 is 5.73 Å². The molecule has 0 aliphatic heterocycles. The Kier molecular flexibility index (Phi) is 3.35. The fourth-order valence-electron chi connectivity index (χ4n) is 2.24. The fourth-order valence-corrected chi connectivity index (χ4v) is 2.24. The molecule has 1 aromatic carbocycles. The number of hydrogen-bond donors (Lipinski definition) is 1. The second kappa shape index (κ2) is 5.31. The van der Waals surface area contributed by atoms with E-state index in [1.807, 2.05) is 30.5 Å². The average molecular weight is 263 g/mol. The molecule has 3 nitrogen and oxygen atoms in total. The van der Waals surface area contributed by atoms with Crippen LogP contribution in [0.1, 0.15) is 22.6 Å². The van der Waals surface area contributed by atoms with Crippen molar-refractivity contribution in [1.29, 1.82) is 0 Å². The van der Waals surface area contributed by atoms with Crippen molar-refractivity contribution in [3.8, 4) is 0 Å². The van der Waals surface area contributed by atoms with Gasteiger partial charge in [0.1, 0.15) is 5.82 Å². The minimum absolute atomic E-state index is 0.450. The number of benzene rings is 1. The molecule has 0 bridgehead atoms. The van der Waals surface area contributed by atoms with E-state index < -0.39 is 0 Å². The van der Waals surface area contributed by atoms with Gasteiger partial charge in [0, 0.05) is 12.7 Å². The highest BCUT2D eigenvalue weighted by molar-refractivity contribution is 5.69. The minimum Gasteiger partial charge on any atom is -0.325 e. The molecule has 20 heavy (non-hydrogen) atoms. The first-order valence-corrected chi connectivity index (χ1v) is 6.69. The number of nitrogens with two attached hydrogens (primary N) is 1. The Morgan fingerprint density at radius 3 is 2.65 bits per heavy atom. The summed E-state index contributed by atoms with van der Waals surface area (Å²) in [5.74, 6) is 0.904. The Balaban J connectivity index is 2.00. The van der Waals surface area contributed by atoms with E-state index in [1.54, 1.807) is 0 Å². The van der Waals surface area contributed by atoms with Crippen LogP contribution < -0.4 is 5.73 Å². The second-order valence-electron chi connectivity index (χ2n) is 4.82. The average Bonchev–Trinajstić information content (AvgIpc) is 2.85. The summed E-state index contributed by atoms with van der Waals surface area (Å²) in [6.07, 6.45) is 6.11. The van der Waals surface area contributed by atoms with Gasteiger partial charge in [0.25, 0.3) is 0 Å². The van der Waals surface area contributed by atoms with Gasteiger partial charge in [-0.2, -0.15) is 0 Å². The van der Waals surface area contributed by atoms with E-state index in [9.17, 15) is 0 Å². The van der Waals surface area contributed by atoms with E-state index in [2.05, 4.69) is 46.6 Å². The SMILES string of the molecule is Cc1ccc(/C=C/c2nc(CN)c3ccccn23)cc1. The summed E-state index contributed by atoms with van der Waals surface area (Å²) in [6.45, 7) is 2.54. The standard InChI is InChI=1S/C17H17N3/c1-13-5-7-14(8-6-13)9-10-17-19-15(12-18)16-4-2-3-11-20(16)17/h2-11H,12,18H2,1H3/b10-9+. The molecular formula is C17H17N3. The van der Waals surface area contributed by atoms with Crippen LogP contribution in [0, 0.1) is 6.92 Å². The van der Waals surface area contributed by atoms with E-state index in [4.69, 9.17) is 5.73 Å². The molecule has 0 radical (unpaired) electrons. The molecule has 0 atom stereocenters. The molecule has 0 spiro atoms. The van der Waals surface area contributed by atoms with Crippen molar-refractivity contribution < 1.29 is 0 Å². The maximum Gasteiger partial charge on any atom is 0.137 e. The van der Waals surface area contributed by atoms with Crippen molar-refractivity contribution >= 4 is 17.7 Å². The minimum atomic E-state index is 0.450. The van der Waals surface area contributed by atoms with E-state index in [-0.39, 0.29) is 0 Å². The molecule has 3 aromatic rings. The third kappa shape index (κ3) is 2.36. The first-order chi connectivity index (χ1) is 9.78. The highest BCUT2D eigenvalue weighted by Gasteiger charge is 2.06. The number of aromatic nitrogens is 2. The third-order valence-electron chi connectivity index (χ3n) is 3.35. The Hall–Kier alpha value is -2.39. The second-order valence-corrected chi connectivity index (χ2v) is 4.82. The van der Waals surface area contributed by atoms with Gasteiger partial charge in [-0.3, -0.25) is 4.40 Å². The van der Waals surface area contributed by atoms with E-state index in [0.29, 0.717) is 6.54 Å². The van der Waals surface area contributed by atoms with Crippen LogP contribution in [0.5, 0.6) is 0 Å². The van der Waals surface area contributed by atoms with Crippen molar-refractivity contribution in [3.63, 3.8) is 0 Å². The maximum atomic E-state index is 5.75. The predicted octanol–water partition coefficient (Wildman–Crippen LogP) is 3.27. The summed E-state index contributed by atoms with van der Waals surface area (Å²) in [7, 11) is 0. The number of fused-ring (bicyclic) bond motifs is 1. The number of nitrogens with zero attached hydrogens (tertiary/aromatic N) is 2. The summed E-state index contributed by atoms with van der Waals surface area (Å²) in [4.78, 5) is 4.59. The first kappa shape index (κ1) is 12.6. The number of aryl methyl sites for hydroxylation is 1. The molecule has 3 rings (SSSR count). The van der Waals surface area contributed by atoms with E-state index in [1.165, 1.54) is 5.56 Å². The quantitative estimate of drug-likeness (QED) is 0.788. The number of pyridine rings is 1. The monoisotopic (exact) mass is 263 g/mol. The highest BCUT2D eigenvalue weighted by Crippen LogP contribution is 2.15. The molecule has 100 valence electrons. The zero-order valence-corrected chi connectivity index (χ0v) is 11.5. The van der Waals surface area contributed by atoms with Gasteiger partial charge in [0.2, 0.25) is 0 Å². The van der Waals surface area contributed by atoms with Crippen molar-refractivity contribution in [2.24, 2.45) is 5.73 Å². The van der Waals surface area contributed by atoms with E-state index in [0.717, 1.165) is 22.6 Å². The topological polar surface area (TPSA) is 43.3 Å². The summed E-state index contributed by atoms with van der Waals surface area (Å²) >= 11 is 0. The maximum absolute atomic E-state index is 5.75. The lowest BCUT2D eigenvalue weighted by Gasteiger charge is -1.96. The van der Waals surface area contributed by atoms with Crippen LogP contribution in [0.25, 0.3) is 17.7 Å². The van der Waals surface area contributed by atoms with Gasteiger partial charge in [0.05, 0.1) is 11.2 Å². The first-order valence-electron chi connectivity index (χ1n) is 6.69. The highest BCUT2D eigenvalue weighted by atomic mass is 15.0. The van der Waals surface area contributed by atoms with Gasteiger partial charge in [-0.15, -0.1) is 0 Å². The summed E-state index contributed by atoms with van der Waals surface area (Å²) in [5.41, 5.74) is 10.2. The van der Waals surface area contributed by atoms with Crippen molar-refractivity contribution in [2.45, 2.75) is 13.5 Å². The molecule has 0 amide bonds. The lowest BCUT2D eigenvalue weighted by atomic mass is 10.1. The van der Waals surface area contributed by atoms with Crippen molar-refractivity contribution in [1.82, 2.24) is 9.38 Å².